The lowest BCUT2D eigenvalue weighted by Gasteiger charge is -2.06. The fourth-order valence-electron chi connectivity index (χ4n) is 1.93. The van der Waals surface area contributed by atoms with Crippen molar-refractivity contribution >= 4 is 16.9 Å². The van der Waals surface area contributed by atoms with E-state index in [1.807, 2.05) is 36.4 Å². The number of aromatic nitrogens is 2. The first kappa shape index (κ1) is 13.1. The Morgan fingerprint density at radius 2 is 1.95 bits per heavy atom. The third-order valence-corrected chi connectivity index (χ3v) is 3.01. The van der Waals surface area contributed by atoms with Crippen LogP contribution < -0.4 is 4.74 Å². The van der Waals surface area contributed by atoms with E-state index in [0.29, 0.717) is 5.88 Å². The van der Waals surface area contributed by atoms with Gasteiger partial charge in [-0.15, -0.1) is 0 Å². The van der Waals surface area contributed by atoms with Crippen LogP contribution in [-0.4, -0.2) is 21.0 Å². The molecule has 0 saturated heterocycles. The van der Waals surface area contributed by atoms with Crippen molar-refractivity contribution in [3.05, 3.63) is 66.0 Å². The molecule has 0 bridgehead atoms. The molecule has 2 heterocycles. The highest BCUT2D eigenvalue weighted by molar-refractivity contribution is 5.87. The Morgan fingerprint density at radius 3 is 2.71 bits per heavy atom. The van der Waals surface area contributed by atoms with Gasteiger partial charge in [-0.25, -0.2) is 14.8 Å². The zero-order valence-electron chi connectivity index (χ0n) is 11.1. The molecule has 104 valence electrons. The minimum atomic E-state index is -1.01. The predicted molar refractivity (Wildman–Crippen MR) is 77.3 cm³/mol. The molecule has 5 nitrogen and oxygen atoms in total. The lowest BCUT2D eigenvalue weighted by molar-refractivity contribution is 0.0696. The van der Waals surface area contributed by atoms with Gasteiger partial charge in [-0.1, -0.05) is 24.3 Å². The molecular weight excluding hydrogens is 268 g/mol. The number of ether oxygens (including phenoxy) is 1. The van der Waals surface area contributed by atoms with Crippen LogP contribution in [0, 0.1) is 0 Å². The molecule has 0 unspecified atom stereocenters. The smallest absolute Gasteiger partial charge is 0.337 e. The van der Waals surface area contributed by atoms with Crippen molar-refractivity contribution in [1.29, 1.82) is 0 Å². The maximum atomic E-state index is 10.7. The Labute approximate surface area is 120 Å². The number of benzene rings is 1. The highest BCUT2D eigenvalue weighted by atomic mass is 16.5. The topological polar surface area (TPSA) is 72.3 Å². The van der Waals surface area contributed by atoms with Crippen LogP contribution in [0.1, 0.15) is 16.1 Å². The molecule has 0 amide bonds. The molecule has 0 atom stereocenters. The van der Waals surface area contributed by atoms with Crippen molar-refractivity contribution in [2.24, 2.45) is 0 Å². The summed E-state index contributed by atoms with van der Waals surface area (Å²) in [5, 5.41) is 9.87. The summed E-state index contributed by atoms with van der Waals surface area (Å²) in [6, 6.07) is 14.7. The van der Waals surface area contributed by atoms with E-state index >= 15 is 0 Å². The number of carbonyl (C=O) groups is 1. The van der Waals surface area contributed by atoms with E-state index < -0.39 is 5.97 Å². The Balaban J connectivity index is 1.72. The highest BCUT2D eigenvalue weighted by Gasteiger charge is 2.04. The van der Waals surface area contributed by atoms with Gasteiger partial charge in [-0.2, -0.15) is 0 Å². The molecule has 21 heavy (non-hydrogen) atoms. The Bertz CT molecular complexity index is 785. The quantitative estimate of drug-likeness (QED) is 0.795. The molecule has 0 fully saturated rings. The van der Waals surface area contributed by atoms with Gasteiger partial charge in [0, 0.05) is 17.6 Å². The fourth-order valence-corrected chi connectivity index (χ4v) is 1.93. The summed E-state index contributed by atoms with van der Waals surface area (Å²) < 4.78 is 5.51. The normalized spacial score (nSPS) is 10.5. The number of nitrogens with zero attached hydrogens (tertiary/aromatic N) is 2. The number of hydrogen-bond acceptors (Lipinski definition) is 4. The zero-order chi connectivity index (χ0) is 14.7. The molecule has 3 aromatic rings. The van der Waals surface area contributed by atoms with Crippen LogP contribution in [0.3, 0.4) is 0 Å². The van der Waals surface area contributed by atoms with Crippen LogP contribution in [0.2, 0.25) is 0 Å². The van der Waals surface area contributed by atoms with Crippen LogP contribution in [0.15, 0.2) is 54.7 Å². The molecule has 5 heteroatoms. The van der Waals surface area contributed by atoms with E-state index in [0.717, 1.165) is 16.6 Å². The largest absolute Gasteiger partial charge is 0.478 e. The lowest BCUT2D eigenvalue weighted by Crippen LogP contribution is -2.01. The second-order valence-corrected chi connectivity index (χ2v) is 4.47. The van der Waals surface area contributed by atoms with Gasteiger partial charge in [0.1, 0.15) is 6.61 Å². The number of rotatable bonds is 4. The molecule has 1 aromatic carbocycles. The number of pyridine rings is 2. The van der Waals surface area contributed by atoms with Crippen molar-refractivity contribution in [3.8, 4) is 5.88 Å². The molecule has 0 aliphatic heterocycles. The zero-order valence-corrected chi connectivity index (χ0v) is 11.1. The van der Waals surface area contributed by atoms with Gasteiger partial charge in [0.2, 0.25) is 5.88 Å². The summed E-state index contributed by atoms with van der Waals surface area (Å²) in [7, 11) is 0. The number of carboxylic acids is 1. The summed E-state index contributed by atoms with van der Waals surface area (Å²) in [5.74, 6) is -0.639. The van der Waals surface area contributed by atoms with Crippen molar-refractivity contribution < 1.29 is 14.6 Å². The summed E-state index contributed by atoms with van der Waals surface area (Å²) in [5.41, 5.74) is 1.83. The number of fused-ring (bicyclic) bond motifs is 1. The molecule has 0 saturated carbocycles. The molecule has 2 aromatic heterocycles. The third-order valence-electron chi connectivity index (χ3n) is 3.01. The Morgan fingerprint density at radius 1 is 1.10 bits per heavy atom. The van der Waals surface area contributed by atoms with Crippen LogP contribution in [0.5, 0.6) is 5.88 Å². The van der Waals surface area contributed by atoms with E-state index in [1.54, 1.807) is 0 Å². The van der Waals surface area contributed by atoms with Crippen molar-refractivity contribution in [1.82, 2.24) is 9.97 Å². The standard InChI is InChI=1S/C16H12N2O3/c19-16(20)12-6-8-15(17-9-12)21-10-13-7-5-11-3-1-2-4-14(11)18-13/h1-9H,10H2,(H,19,20). The van der Waals surface area contributed by atoms with Gasteiger partial charge in [0.15, 0.2) is 0 Å². The monoisotopic (exact) mass is 280 g/mol. The van der Waals surface area contributed by atoms with E-state index in [-0.39, 0.29) is 12.2 Å². The first-order valence-electron chi connectivity index (χ1n) is 6.39. The van der Waals surface area contributed by atoms with Gasteiger partial charge in [0.25, 0.3) is 0 Å². The first-order valence-corrected chi connectivity index (χ1v) is 6.39. The van der Waals surface area contributed by atoms with Gasteiger partial charge in [-0.05, 0) is 18.2 Å². The number of carboxylic acid groups (broad SMARTS) is 1. The van der Waals surface area contributed by atoms with Crippen molar-refractivity contribution in [2.75, 3.05) is 0 Å². The van der Waals surface area contributed by atoms with Gasteiger partial charge >= 0.3 is 5.97 Å². The van der Waals surface area contributed by atoms with Crippen molar-refractivity contribution in [2.45, 2.75) is 6.61 Å². The second kappa shape index (κ2) is 5.58. The third kappa shape index (κ3) is 2.97. The second-order valence-electron chi connectivity index (χ2n) is 4.47. The number of para-hydroxylation sites is 1. The van der Waals surface area contributed by atoms with E-state index in [1.165, 1.54) is 18.3 Å². The molecule has 0 radical (unpaired) electrons. The number of aromatic carboxylic acids is 1. The molecule has 0 spiro atoms. The van der Waals surface area contributed by atoms with Gasteiger partial charge in [-0.3, -0.25) is 0 Å². The molecule has 0 aliphatic carbocycles. The lowest BCUT2D eigenvalue weighted by atomic mass is 10.2. The highest BCUT2D eigenvalue weighted by Crippen LogP contribution is 2.14. The average Bonchev–Trinajstić information content (AvgIpc) is 2.53. The van der Waals surface area contributed by atoms with Crippen LogP contribution in [0.25, 0.3) is 10.9 Å². The van der Waals surface area contributed by atoms with Gasteiger partial charge < -0.3 is 9.84 Å². The molecular formula is C16H12N2O3. The summed E-state index contributed by atoms with van der Waals surface area (Å²) in [6.45, 7) is 0.282. The number of hydrogen-bond donors (Lipinski definition) is 1. The maximum Gasteiger partial charge on any atom is 0.337 e. The van der Waals surface area contributed by atoms with Gasteiger partial charge in [0.05, 0.1) is 16.8 Å². The molecule has 3 rings (SSSR count). The summed E-state index contributed by atoms with van der Waals surface area (Å²) >= 11 is 0. The average molecular weight is 280 g/mol. The maximum absolute atomic E-state index is 10.7. The predicted octanol–water partition coefficient (Wildman–Crippen LogP) is 2.91. The van der Waals surface area contributed by atoms with E-state index in [9.17, 15) is 4.79 Å². The molecule has 1 N–H and O–H groups in total. The van der Waals surface area contributed by atoms with E-state index in [2.05, 4.69) is 9.97 Å². The Kier molecular flexibility index (Phi) is 3.47. The van der Waals surface area contributed by atoms with Crippen LogP contribution in [0.4, 0.5) is 0 Å². The first-order chi connectivity index (χ1) is 10.2. The minimum Gasteiger partial charge on any atom is -0.478 e. The summed E-state index contributed by atoms with van der Waals surface area (Å²) in [4.78, 5) is 19.2. The molecule has 0 aliphatic rings. The SMILES string of the molecule is O=C(O)c1ccc(OCc2ccc3ccccc3n2)nc1. The van der Waals surface area contributed by atoms with Crippen molar-refractivity contribution in [3.63, 3.8) is 0 Å². The summed E-state index contributed by atoms with van der Waals surface area (Å²) in [6.07, 6.45) is 1.27. The Hall–Kier alpha value is -2.95. The fraction of sp³-hybridized carbons (Fsp3) is 0.0625. The van der Waals surface area contributed by atoms with E-state index in [4.69, 9.17) is 9.84 Å². The minimum absolute atomic E-state index is 0.131. The van der Waals surface area contributed by atoms with Crippen LogP contribution >= 0.6 is 0 Å². The van der Waals surface area contributed by atoms with Crippen LogP contribution in [-0.2, 0) is 6.61 Å².